The van der Waals surface area contributed by atoms with Gasteiger partial charge in [0.1, 0.15) is 17.2 Å². The van der Waals surface area contributed by atoms with Crippen molar-refractivity contribution < 1.29 is 22.6 Å². The van der Waals surface area contributed by atoms with Gasteiger partial charge < -0.3 is 13.6 Å². The molecule has 4 aliphatic rings. The molecule has 10 rings (SSSR count). The van der Waals surface area contributed by atoms with Crippen LogP contribution in [-0.2, 0) is 0 Å². The summed E-state index contributed by atoms with van der Waals surface area (Å²) < 4.78 is 47.1. The Kier molecular flexibility index (Phi) is 5.50. The summed E-state index contributed by atoms with van der Waals surface area (Å²) in [6.07, 6.45) is 1.74. The van der Waals surface area contributed by atoms with E-state index >= 15 is 0 Å². The molecular formula is C33H23N5O5P3+. The fourth-order valence-corrected chi connectivity index (χ4v) is 16.4. The number of aromatic nitrogens is 2. The van der Waals surface area contributed by atoms with E-state index in [1.807, 2.05) is 127 Å². The summed E-state index contributed by atoms with van der Waals surface area (Å²) in [5.74, 6) is 3.01. The molecule has 4 aliphatic heterocycles. The average molecular weight is 662 g/mol. The number of hydrogen-bond acceptors (Lipinski definition) is 9. The van der Waals surface area contributed by atoms with E-state index in [1.165, 1.54) is 0 Å². The van der Waals surface area contributed by atoms with E-state index in [2.05, 4.69) is 4.86 Å². The van der Waals surface area contributed by atoms with Gasteiger partial charge in [-0.2, -0.15) is 9.55 Å². The molecule has 1 N–H and O–H groups in total. The lowest BCUT2D eigenvalue weighted by Crippen LogP contribution is -2.29. The van der Waals surface area contributed by atoms with E-state index < -0.39 is 23.3 Å². The molecule has 13 heteroatoms. The summed E-state index contributed by atoms with van der Waals surface area (Å²) in [5, 5.41) is 4.77. The highest BCUT2D eigenvalue weighted by Crippen LogP contribution is 2.82. The highest BCUT2D eigenvalue weighted by atomic mass is 31.3. The first-order valence-electron chi connectivity index (χ1n) is 14.6. The third-order valence-corrected chi connectivity index (χ3v) is 16.8. The number of nitrogens with zero attached hydrogens (tertiary/aromatic N) is 4. The van der Waals surface area contributed by atoms with E-state index in [9.17, 15) is 0 Å². The number of para-hydroxylation sites is 5. The minimum Gasteiger partial charge on any atom is -0.428 e. The highest BCUT2D eigenvalue weighted by Gasteiger charge is 2.65. The summed E-state index contributed by atoms with van der Waals surface area (Å²) in [6.45, 7) is 0. The third-order valence-electron chi connectivity index (χ3n) is 8.00. The Bertz CT molecular complexity index is 2260. The Morgan fingerprint density at radius 2 is 0.957 bits per heavy atom. The van der Waals surface area contributed by atoms with Gasteiger partial charge in [0, 0.05) is 32.3 Å². The van der Waals surface area contributed by atoms with Gasteiger partial charge in [0.2, 0.25) is 0 Å². The molecule has 6 aromatic rings. The van der Waals surface area contributed by atoms with Crippen LogP contribution in [0.3, 0.4) is 0 Å². The van der Waals surface area contributed by atoms with E-state index in [-0.39, 0.29) is 0 Å². The largest absolute Gasteiger partial charge is 0.633 e. The Hall–Kier alpha value is -4.84. The summed E-state index contributed by atoms with van der Waals surface area (Å²) in [5.41, 5.74) is 5.21. The number of fused-ring (bicyclic) bond motifs is 10. The molecule has 0 unspecified atom stereocenters. The van der Waals surface area contributed by atoms with Crippen molar-refractivity contribution in [3.8, 4) is 62.3 Å². The first-order valence-corrected chi connectivity index (χ1v) is 19.3. The SMILES string of the molecule is c1ccc2c(c1)OP1(=N[P+]3(N=[P@]4(N1)Oc1ccccc1-c1ccnn14)Oc1ccccc1-c1ccccc1O3)Oc1ccccc1-2. The molecule has 1 aromatic heterocycles. The minimum absolute atomic E-state index is 0.584. The molecule has 0 saturated carbocycles. The van der Waals surface area contributed by atoms with E-state index in [0.717, 1.165) is 33.5 Å². The van der Waals surface area contributed by atoms with Gasteiger partial charge in [-0.3, -0.25) is 9.05 Å². The molecule has 0 radical (unpaired) electrons. The van der Waals surface area contributed by atoms with Crippen LogP contribution in [0.1, 0.15) is 0 Å². The van der Waals surface area contributed by atoms with Gasteiger partial charge in [-0.1, -0.05) is 84.9 Å². The predicted molar refractivity (Wildman–Crippen MR) is 179 cm³/mol. The molecule has 5 aromatic carbocycles. The van der Waals surface area contributed by atoms with Crippen LogP contribution in [0.5, 0.6) is 28.7 Å². The van der Waals surface area contributed by atoms with E-state index in [4.69, 9.17) is 36.7 Å². The van der Waals surface area contributed by atoms with Crippen LogP contribution in [0.25, 0.3) is 33.5 Å². The second kappa shape index (κ2) is 9.58. The third kappa shape index (κ3) is 3.88. The lowest BCUT2D eigenvalue weighted by Gasteiger charge is -2.36. The first kappa shape index (κ1) is 26.4. The summed E-state index contributed by atoms with van der Waals surface area (Å²) in [4.78, 5) is 3.62. The first-order chi connectivity index (χ1) is 22.6. The van der Waals surface area contributed by atoms with Gasteiger partial charge in [-0.15, -0.1) is 4.86 Å². The quantitative estimate of drug-likeness (QED) is 0.162. The zero-order valence-electron chi connectivity index (χ0n) is 23.9. The molecule has 0 amide bonds. The fraction of sp³-hybridized carbons (Fsp3) is 0. The van der Waals surface area contributed by atoms with Crippen molar-refractivity contribution in [1.82, 2.24) is 14.4 Å². The Morgan fingerprint density at radius 3 is 1.52 bits per heavy atom. The molecule has 0 aliphatic carbocycles. The van der Waals surface area contributed by atoms with Crippen LogP contribution in [0.4, 0.5) is 0 Å². The summed E-state index contributed by atoms with van der Waals surface area (Å²) >= 11 is 0. The second-order valence-electron chi connectivity index (χ2n) is 10.9. The topological polar surface area (TPSA) is 101 Å². The molecule has 5 heterocycles. The standard InChI is InChI=1S/C33H23N5O5P3/c1-6-16-29-23(11-1)24-12-2-7-17-30(24)41-45(40-29)35-44(38-28(21-22-34-38)27-15-5-10-20-33(27)39-44)36-46(37-45)42-31-18-8-3-13-25(31)26-14-4-9-19-32(26)43-46/h1-22,35H/q+1/t44-/m0/s1. The zero-order valence-corrected chi connectivity index (χ0v) is 26.6. The van der Waals surface area contributed by atoms with Gasteiger partial charge in [-0.05, 0) is 42.5 Å². The van der Waals surface area contributed by atoms with Crippen molar-refractivity contribution in [1.29, 1.82) is 0 Å². The van der Waals surface area contributed by atoms with Crippen LogP contribution in [0.15, 0.2) is 143 Å². The maximum absolute atomic E-state index is 6.94. The van der Waals surface area contributed by atoms with Gasteiger partial charge in [0.25, 0.3) is 0 Å². The van der Waals surface area contributed by atoms with Crippen LogP contribution in [-0.4, -0.2) is 9.55 Å². The number of rotatable bonds is 0. The van der Waals surface area contributed by atoms with Crippen LogP contribution < -0.4 is 27.5 Å². The second-order valence-corrected chi connectivity index (χ2v) is 17.5. The molecule has 3 spiro atoms. The maximum atomic E-state index is 6.94. The molecule has 224 valence electrons. The molecular weight excluding hydrogens is 639 g/mol. The van der Waals surface area contributed by atoms with E-state index in [0.29, 0.717) is 28.7 Å². The number of nitrogens with one attached hydrogen (secondary N) is 1. The Morgan fingerprint density at radius 1 is 0.500 bits per heavy atom. The van der Waals surface area contributed by atoms with Crippen LogP contribution in [0.2, 0.25) is 0 Å². The fourth-order valence-electron chi connectivity index (χ4n) is 6.07. The monoisotopic (exact) mass is 662 g/mol. The smallest absolute Gasteiger partial charge is 0.428 e. The molecule has 0 bridgehead atoms. The molecule has 46 heavy (non-hydrogen) atoms. The van der Waals surface area contributed by atoms with Crippen LogP contribution in [0, 0.1) is 0 Å². The summed E-state index contributed by atoms with van der Waals surface area (Å²) in [7, 11) is -10.7. The average Bonchev–Trinajstić information content (AvgIpc) is 3.48. The van der Waals surface area contributed by atoms with Crippen molar-refractivity contribution >= 4 is 23.3 Å². The van der Waals surface area contributed by atoms with Crippen molar-refractivity contribution in [2.24, 2.45) is 9.03 Å². The highest BCUT2D eigenvalue weighted by molar-refractivity contribution is 7.85. The lowest BCUT2D eigenvalue weighted by molar-refractivity contribution is 0.449. The van der Waals surface area contributed by atoms with Crippen LogP contribution >= 0.6 is 23.3 Å². The molecule has 0 saturated heterocycles. The number of benzene rings is 5. The Balaban J connectivity index is 1.29. The zero-order chi connectivity index (χ0) is 30.3. The van der Waals surface area contributed by atoms with Gasteiger partial charge in [-0.25, -0.2) is 0 Å². The van der Waals surface area contributed by atoms with Crippen molar-refractivity contribution in [3.63, 3.8) is 0 Å². The minimum atomic E-state index is -3.70. The molecule has 0 fully saturated rings. The van der Waals surface area contributed by atoms with Crippen molar-refractivity contribution in [3.05, 3.63) is 134 Å². The Labute approximate surface area is 264 Å². The molecule has 10 nitrogen and oxygen atoms in total. The predicted octanol–water partition coefficient (Wildman–Crippen LogP) is 10.2. The van der Waals surface area contributed by atoms with Gasteiger partial charge in [0.15, 0.2) is 11.5 Å². The van der Waals surface area contributed by atoms with Crippen molar-refractivity contribution in [2.45, 2.75) is 0 Å². The normalized spacial score (nSPS) is 20.0. The summed E-state index contributed by atoms with van der Waals surface area (Å²) in [6, 6.07) is 41.0. The van der Waals surface area contributed by atoms with Crippen molar-refractivity contribution in [2.75, 3.05) is 0 Å². The molecule has 1 atom stereocenters. The number of hydrogen-bond donors (Lipinski definition) is 1. The van der Waals surface area contributed by atoms with Gasteiger partial charge in [0.05, 0.1) is 16.4 Å². The lowest BCUT2D eigenvalue weighted by atomic mass is 10.0. The van der Waals surface area contributed by atoms with Gasteiger partial charge >= 0.3 is 23.3 Å². The maximum Gasteiger partial charge on any atom is 0.633 e. The van der Waals surface area contributed by atoms with E-state index in [1.54, 1.807) is 10.6 Å².